The molecule has 1 aromatic carbocycles. The average Bonchev–Trinajstić information content (AvgIpc) is 2.93. The van der Waals surface area contributed by atoms with Gasteiger partial charge in [0, 0.05) is 17.6 Å². The van der Waals surface area contributed by atoms with Gasteiger partial charge in [-0.3, -0.25) is 4.90 Å². The molecule has 2 rings (SSSR count). The molecular formula is C15H19ClN2O. The lowest BCUT2D eigenvalue weighted by atomic mass is 10.1. The van der Waals surface area contributed by atoms with Crippen LogP contribution in [0, 0.1) is 0 Å². The van der Waals surface area contributed by atoms with Gasteiger partial charge in [-0.1, -0.05) is 30.7 Å². The number of furan rings is 1. The number of halogens is 1. The number of nitrogens with zero attached hydrogens (tertiary/aromatic N) is 1. The Morgan fingerprint density at radius 3 is 2.53 bits per heavy atom. The predicted molar refractivity (Wildman–Crippen MR) is 78.0 cm³/mol. The first-order valence-corrected chi connectivity index (χ1v) is 6.84. The van der Waals surface area contributed by atoms with E-state index in [0.29, 0.717) is 6.54 Å². The molecule has 1 aromatic heterocycles. The third-order valence-corrected chi connectivity index (χ3v) is 3.52. The highest BCUT2D eigenvalue weighted by molar-refractivity contribution is 6.30. The second kappa shape index (κ2) is 6.75. The zero-order chi connectivity index (χ0) is 13.7. The van der Waals surface area contributed by atoms with Gasteiger partial charge in [0.25, 0.3) is 0 Å². The highest BCUT2D eigenvalue weighted by Gasteiger charge is 2.18. The molecule has 0 amide bonds. The lowest BCUT2D eigenvalue weighted by molar-refractivity contribution is 0.188. The summed E-state index contributed by atoms with van der Waals surface area (Å²) in [5.74, 6) is 0.953. The molecule has 0 fully saturated rings. The molecule has 2 N–H and O–H groups in total. The maximum absolute atomic E-state index is 5.94. The number of likely N-dealkylation sites (N-methyl/N-ethyl adjacent to an activating group) is 1. The van der Waals surface area contributed by atoms with Crippen molar-refractivity contribution < 1.29 is 4.42 Å². The van der Waals surface area contributed by atoms with Crippen LogP contribution >= 0.6 is 11.6 Å². The standard InChI is InChI=1S/C15H19ClN2O/c1-2-18(11-14-4-3-9-19-14)15(10-17)12-5-7-13(16)8-6-12/h3-9,15H,2,10-11,17H2,1H3. The summed E-state index contributed by atoms with van der Waals surface area (Å²) in [6.07, 6.45) is 1.70. The Morgan fingerprint density at radius 2 is 2.00 bits per heavy atom. The van der Waals surface area contributed by atoms with Crippen molar-refractivity contribution in [3.05, 3.63) is 59.0 Å². The Hall–Kier alpha value is -1.29. The monoisotopic (exact) mass is 278 g/mol. The third-order valence-electron chi connectivity index (χ3n) is 3.26. The zero-order valence-electron chi connectivity index (χ0n) is 11.1. The first-order valence-electron chi connectivity index (χ1n) is 6.46. The summed E-state index contributed by atoms with van der Waals surface area (Å²) in [7, 11) is 0. The Kier molecular flexibility index (Phi) is 5.02. The van der Waals surface area contributed by atoms with Crippen molar-refractivity contribution in [1.82, 2.24) is 4.90 Å². The Balaban J connectivity index is 2.16. The molecule has 0 bridgehead atoms. The first kappa shape index (κ1) is 14.1. The minimum absolute atomic E-state index is 0.173. The van der Waals surface area contributed by atoms with Crippen molar-refractivity contribution in [2.45, 2.75) is 19.5 Å². The van der Waals surface area contributed by atoms with E-state index < -0.39 is 0 Å². The Bertz CT molecular complexity index is 481. The minimum Gasteiger partial charge on any atom is -0.468 e. The molecular weight excluding hydrogens is 260 g/mol. The lowest BCUT2D eigenvalue weighted by Crippen LogP contribution is -2.33. The predicted octanol–water partition coefficient (Wildman–Crippen LogP) is 3.45. The SMILES string of the molecule is CCN(Cc1ccco1)C(CN)c1ccc(Cl)cc1. The lowest BCUT2D eigenvalue weighted by Gasteiger charge is -2.29. The van der Waals surface area contributed by atoms with Gasteiger partial charge in [0.1, 0.15) is 5.76 Å². The van der Waals surface area contributed by atoms with Crippen LogP contribution in [0.1, 0.15) is 24.3 Å². The van der Waals surface area contributed by atoms with Gasteiger partial charge in [0.15, 0.2) is 0 Å². The molecule has 0 saturated heterocycles. The molecule has 1 heterocycles. The number of rotatable bonds is 6. The quantitative estimate of drug-likeness (QED) is 0.880. The van der Waals surface area contributed by atoms with Crippen LogP contribution in [-0.4, -0.2) is 18.0 Å². The van der Waals surface area contributed by atoms with Gasteiger partial charge in [-0.05, 0) is 36.4 Å². The number of hydrogen-bond acceptors (Lipinski definition) is 3. The van der Waals surface area contributed by atoms with Crippen LogP contribution in [0.2, 0.25) is 5.02 Å². The molecule has 4 heteroatoms. The fourth-order valence-electron chi connectivity index (χ4n) is 2.23. The van der Waals surface area contributed by atoms with E-state index in [1.54, 1.807) is 6.26 Å². The average molecular weight is 279 g/mol. The fourth-order valence-corrected chi connectivity index (χ4v) is 2.35. The molecule has 0 aliphatic heterocycles. The van der Waals surface area contributed by atoms with Gasteiger partial charge < -0.3 is 10.2 Å². The van der Waals surface area contributed by atoms with E-state index in [0.717, 1.165) is 23.9 Å². The van der Waals surface area contributed by atoms with Gasteiger partial charge in [0.05, 0.1) is 12.8 Å². The summed E-state index contributed by atoms with van der Waals surface area (Å²) in [5, 5.41) is 0.744. The van der Waals surface area contributed by atoms with Crippen molar-refractivity contribution in [2.24, 2.45) is 5.73 Å². The van der Waals surface area contributed by atoms with E-state index in [9.17, 15) is 0 Å². The molecule has 0 aliphatic carbocycles. The van der Waals surface area contributed by atoms with E-state index >= 15 is 0 Å². The van der Waals surface area contributed by atoms with E-state index in [1.807, 2.05) is 36.4 Å². The van der Waals surface area contributed by atoms with Gasteiger partial charge in [-0.2, -0.15) is 0 Å². The minimum atomic E-state index is 0.173. The number of nitrogens with two attached hydrogens (primary N) is 1. The smallest absolute Gasteiger partial charge is 0.117 e. The molecule has 19 heavy (non-hydrogen) atoms. The van der Waals surface area contributed by atoms with Crippen LogP contribution in [0.15, 0.2) is 47.1 Å². The summed E-state index contributed by atoms with van der Waals surface area (Å²) in [5.41, 5.74) is 7.12. The van der Waals surface area contributed by atoms with Crippen LogP contribution in [0.5, 0.6) is 0 Å². The van der Waals surface area contributed by atoms with E-state index in [2.05, 4.69) is 11.8 Å². The zero-order valence-corrected chi connectivity index (χ0v) is 11.8. The van der Waals surface area contributed by atoms with E-state index in [-0.39, 0.29) is 6.04 Å². The van der Waals surface area contributed by atoms with Crippen LogP contribution in [0.3, 0.4) is 0 Å². The van der Waals surface area contributed by atoms with Gasteiger partial charge in [-0.15, -0.1) is 0 Å². The Labute approximate surface area is 119 Å². The normalized spacial score (nSPS) is 12.8. The maximum atomic E-state index is 5.94. The summed E-state index contributed by atoms with van der Waals surface area (Å²) in [6, 6.07) is 11.9. The molecule has 0 aliphatic rings. The summed E-state index contributed by atoms with van der Waals surface area (Å²) in [4.78, 5) is 2.29. The van der Waals surface area contributed by atoms with Crippen molar-refractivity contribution in [2.75, 3.05) is 13.1 Å². The second-order valence-electron chi connectivity index (χ2n) is 4.45. The Morgan fingerprint density at radius 1 is 1.26 bits per heavy atom. The van der Waals surface area contributed by atoms with Gasteiger partial charge >= 0.3 is 0 Å². The van der Waals surface area contributed by atoms with E-state index in [1.165, 1.54) is 5.56 Å². The highest BCUT2D eigenvalue weighted by atomic mass is 35.5. The van der Waals surface area contributed by atoms with Crippen LogP contribution in [0.25, 0.3) is 0 Å². The maximum Gasteiger partial charge on any atom is 0.117 e. The fraction of sp³-hybridized carbons (Fsp3) is 0.333. The third kappa shape index (κ3) is 3.60. The van der Waals surface area contributed by atoms with Crippen LogP contribution < -0.4 is 5.73 Å². The van der Waals surface area contributed by atoms with Crippen molar-refractivity contribution in [3.8, 4) is 0 Å². The van der Waals surface area contributed by atoms with Crippen molar-refractivity contribution in [1.29, 1.82) is 0 Å². The largest absolute Gasteiger partial charge is 0.468 e. The first-order chi connectivity index (χ1) is 9.24. The van der Waals surface area contributed by atoms with Gasteiger partial charge in [-0.25, -0.2) is 0 Å². The van der Waals surface area contributed by atoms with Crippen LogP contribution in [-0.2, 0) is 6.54 Å². The molecule has 1 atom stereocenters. The molecule has 0 spiro atoms. The topological polar surface area (TPSA) is 42.4 Å². The molecule has 1 unspecified atom stereocenters. The van der Waals surface area contributed by atoms with Crippen molar-refractivity contribution in [3.63, 3.8) is 0 Å². The summed E-state index contributed by atoms with van der Waals surface area (Å²) < 4.78 is 5.41. The molecule has 102 valence electrons. The second-order valence-corrected chi connectivity index (χ2v) is 4.88. The summed E-state index contributed by atoms with van der Waals surface area (Å²) in [6.45, 7) is 4.36. The van der Waals surface area contributed by atoms with Gasteiger partial charge in [0.2, 0.25) is 0 Å². The number of benzene rings is 1. The summed E-state index contributed by atoms with van der Waals surface area (Å²) >= 11 is 5.93. The van der Waals surface area contributed by atoms with Crippen molar-refractivity contribution >= 4 is 11.6 Å². The van der Waals surface area contributed by atoms with Crippen LogP contribution in [0.4, 0.5) is 0 Å². The van der Waals surface area contributed by atoms with E-state index in [4.69, 9.17) is 21.8 Å². The molecule has 0 saturated carbocycles. The molecule has 3 nitrogen and oxygen atoms in total. The number of hydrogen-bond donors (Lipinski definition) is 1. The highest BCUT2D eigenvalue weighted by Crippen LogP contribution is 2.23. The molecule has 0 radical (unpaired) electrons. The molecule has 2 aromatic rings.